The minimum absolute atomic E-state index is 0.0601. The molecule has 0 aliphatic rings. The van der Waals surface area contributed by atoms with Crippen LogP contribution < -0.4 is 10.6 Å². The van der Waals surface area contributed by atoms with Crippen LogP contribution in [0.15, 0.2) is 53.1 Å². The molecule has 4 heteroatoms. The second kappa shape index (κ2) is 7.51. The highest BCUT2D eigenvalue weighted by molar-refractivity contribution is 5.48. The monoisotopic (exact) mass is 283 g/mol. The maximum atomic E-state index is 8.94. The number of nitriles is 1. The summed E-state index contributed by atoms with van der Waals surface area (Å²) in [6.45, 7) is 2.69. The molecule has 1 aromatic carbocycles. The van der Waals surface area contributed by atoms with Crippen LogP contribution in [-0.2, 0) is 0 Å². The van der Waals surface area contributed by atoms with Crippen LogP contribution in [0.1, 0.15) is 31.6 Å². The summed E-state index contributed by atoms with van der Waals surface area (Å²) in [6.07, 6.45) is 2.95. The number of nitrogens with zero attached hydrogens (tertiary/aromatic N) is 2. The molecular formula is C17H21N3O. The molecule has 2 aromatic rings. The van der Waals surface area contributed by atoms with Gasteiger partial charge in [0, 0.05) is 18.3 Å². The summed E-state index contributed by atoms with van der Waals surface area (Å²) < 4.78 is 5.60. The van der Waals surface area contributed by atoms with Gasteiger partial charge in [-0.2, -0.15) is 5.26 Å². The van der Waals surface area contributed by atoms with E-state index in [1.807, 2.05) is 42.5 Å². The van der Waals surface area contributed by atoms with Crippen LogP contribution >= 0.6 is 0 Å². The van der Waals surface area contributed by atoms with Crippen LogP contribution in [-0.4, -0.2) is 12.6 Å². The van der Waals surface area contributed by atoms with Gasteiger partial charge in [0.05, 0.1) is 18.8 Å². The van der Waals surface area contributed by atoms with E-state index in [1.54, 1.807) is 6.26 Å². The minimum Gasteiger partial charge on any atom is -0.467 e. The quantitative estimate of drug-likeness (QED) is 0.844. The molecule has 2 N–H and O–H groups in total. The van der Waals surface area contributed by atoms with Crippen LogP contribution in [0.3, 0.4) is 0 Å². The van der Waals surface area contributed by atoms with Gasteiger partial charge in [0.15, 0.2) is 0 Å². The topological polar surface area (TPSA) is 66.2 Å². The zero-order valence-corrected chi connectivity index (χ0v) is 12.3. The Labute approximate surface area is 125 Å². The SMILES string of the molecule is CCC(N)C(c1ccco1)N(CCC#N)c1ccccc1. The van der Waals surface area contributed by atoms with Crippen molar-refractivity contribution >= 4 is 5.69 Å². The molecule has 2 unspecified atom stereocenters. The number of benzene rings is 1. The fraction of sp³-hybridized carbons (Fsp3) is 0.353. The van der Waals surface area contributed by atoms with E-state index in [4.69, 9.17) is 15.4 Å². The van der Waals surface area contributed by atoms with E-state index < -0.39 is 0 Å². The molecule has 0 fully saturated rings. The van der Waals surface area contributed by atoms with Crippen LogP contribution in [0.2, 0.25) is 0 Å². The first-order valence-electron chi connectivity index (χ1n) is 7.25. The zero-order chi connectivity index (χ0) is 15.1. The summed E-state index contributed by atoms with van der Waals surface area (Å²) in [5, 5.41) is 8.94. The van der Waals surface area contributed by atoms with Gasteiger partial charge in [-0.1, -0.05) is 25.1 Å². The van der Waals surface area contributed by atoms with E-state index in [1.165, 1.54) is 0 Å². The lowest BCUT2D eigenvalue weighted by molar-refractivity contribution is 0.396. The lowest BCUT2D eigenvalue weighted by Gasteiger charge is -2.35. The molecule has 0 spiro atoms. The van der Waals surface area contributed by atoms with Crippen LogP contribution in [0.25, 0.3) is 0 Å². The number of nitrogens with two attached hydrogens (primary N) is 1. The Balaban J connectivity index is 2.38. The van der Waals surface area contributed by atoms with Crippen molar-refractivity contribution < 1.29 is 4.42 Å². The average Bonchev–Trinajstić information content (AvgIpc) is 3.05. The molecule has 0 aliphatic heterocycles. The molecular weight excluding hydrogens is 262 g/mol. The molecule has 1 heterocycles. The van der Waals surface area contributed by atoms with Crippen molar-refractivity contribution in [3.05, 3.63) is 54.5 Å². The lowest BCUT2D eigenvalue weighted by Crippen LogP contribution is -2.41. The fourth-order valence-electron chi connectivity index (χ4n) is 2.50. The molecule has 1 aromatic heterocycles. The first kappa shape index (κ1) is 15.1. The second-order valence-electron chi connectivity index (χ2n) is 4.97. The number of hydrogen-bond acceptors (Lipinski definition) is 4. The molecule has 2 atom stereocenters. The van der Waals surface area contributed by atoms with E-state index >= 15 is 0 Å². The molecule has 0 amide bonds. The standard InChI is InChI=1S/C17H21N3O/c1-2-15(19)17(16-10-6-13-21-16)20(12-7-11-18)14-8-4-3-5-9-14/h3-6,8-10,13,15,17H,2,7,12,19H2,1H3. The maximum Gasteiger partial charge on any atom is 0.127 e. The predicted octanol–water partition coefficient (Wildman–Crippen LogP) is 3.48. The summed E-state index contributed by atoms with van der Waals surface area (Å²) in [6, 6.07) is 15.9. The third kappa shape index (κ3) is 3.65. The van der Waals surface area contributed by atoms with E-state index in [0.717, 1.165) is 17.9 Å². The van der Waals surface area contributed by atoms with Crippen molar-refractivity contribution in [2.75, 3.05) is 11.4 Å². The van der Waals surface area contributed by atoms with Crippen LogP contribution in [0.5, 0.6) is 0 Å². The van der Waals surface area contributed by atoms with Gasteiger partial charge in [0.25, 0.3) is 0 Å². The predicted molar refractivity (Wildman–Crippen MR) is 83.7 cm³/mol. The van der Waals surface area contributed by atoms with Gasteiger partial charge in [-0.15, -0.1) is 0 Å². The van der Waals surface area contributed by atoms with Gasteiger partial charge >= 0.3 is 0 Å². The zero-order valence-electron chi connectivity index (χ0n) is 12.3. The van der Waals surface area contributed by atoms with Gasteiger partial charge in [-0.25, -0.2) is 0 Å². The van der Waals surface area contributed by atoms with E-state index in [-0.39, 0.29) is 12.1 Å². The highest BCUT2D eigenvalue weighted by Crippen LogP contribution is 2.30. The Morgan fingerprint density at radius 2 is 2.00 bits per heavy atom. The smallest absolute Gasteiger partial charge is 0.127 e. The van der Waals surface area contributed by atoms with E-state index in [2.05, 4.69) is 17.9 Å². The Kier molecular flexibility index (Phi) is 5.42. The third-order valence-electron chi connectivity index (χ3n) is 3.60. The molecule has 0 saturated carbocycles. The van der Waals surface area contributed by atoms with E-state index in [0.29, 0.717) is 13.0 Å². The van der Waals surface area contributed by atoms with Crippen molar-refractivity contribution in [1.82, 2.24) is 0 Å². The largest absolute Gasteiger partial charge is 0.467 e. The molecule has 0 radical (unpaired) electrons. The van der Waals surface area contributed by atoms with Crippen molar-refractivity contribution in [3.8, 4) is 6.07 Å². The van der Waals surface area contributed by atoms with E-state index in [9.17, 15) is 0 Å². The number of para-hydroxylation sites is 1. The van der Waals surface area contributed by atoms with Gasteiger partial charge in [-0.05, 0) is 30.7 Å². The van der Waals surface area contributed by atoms with Crippen LogP contribution in [0, 0.1) is 11.3 Å². The summed E-state index contributed by atoms with van der Waals surface area (Å²) in [7, 11) is 0. The van der Waals surface area contributed by atoms with Gasteiger partial charge in [0.2, 0.25) is 0 Å². The Morgan fingerprint density at radius 1 is 1.24 bits per heavy atom. The molecule has 4 nitrogen and oxygen atoms in total. The van der Waals surface area contributed by atoms with Gasteiger partial charge in [-0.3, -0.25) is 0 Å². The maximum absolute atomic E-state index is 8.94. The summed E-state index contributed by atoms with van der Waals surface area (Å²) >= 11 is 0. The average molecular weight is 283 g/mol. The molecule has 110 valence electrons. The Bertz CT molecular complexity index is 559. The minimum atomic E-state index is -0.0688. The Hall–Kier alpha value is -2.25. The first-order chi connectivity index (χ1) is 10.3. The van der Waals surface area contributed by atoms with Gasteiger partial charge in [0.1, 0.15) is 11.8 Å². The molecule has 0 saturated heterocycles. The molecule has 0 aliphatic carbocycles. The highest BCUT2D eigenvalue weighted by Gasteiger charge is 2.28. The number of rotatable bonds is 7. The normalized spacial score (nSPS) is 13.4. The van der Waals surface area contributed by atoms with Crippen LogP contribution in [0.4, 0.5) is 5.69 Å². The van der Waals surface area contributed by atoms with Crippen molar-refractivity contribution in [3.63, 3.8) is 0 Å². The first-order valence-corrected chi connectivity index (χ1v) is 7.25. The van der Waals surface area contributed by atoms with Crippen molar-refractivity contribution in [1.29, 1.82) is 5.26 Å². The molecule has 0 bridgehead atoms. The molecule has 2 rings (SSSR count). The number of anilines is 1. The number of furan rings is 1. The lowest BCUT2D eigenvalue weighted by atomic mass is 10.0. The Morgan fingerprint density at radius 3 is 2.57 bits per heavy atom. The summed E-state index contributed by atoms with van der Waals surface area (Å²) in [4.78, 5) is 2.16. The fourth-order valence-corrected chi connectivity index (χ4v) is 2.50. The van der Waals surface area contributed by atoms with Crippen molar-refractivity contribution in [2.45, 2.75) is 31.8 Å². The second-order valence-corrected chi connectivity index (χ2v) is 4.97. The number of hydrogen-bond donors (Lipinski definition) is 1. The summed E-state index contributed by atoms with van der Waals surface area (Å²) in [5.74, 6) is 0.839. The highest BCUT2D eigenvalue weighted by atomic mass is 16.3. The van der Waals surface area contributed by atoms with Gasteiger partial charge < -0.3 is 15.1 Å². The summed E-state index contributed by atoms with van der Waals surface area (Å²) in [5.41, 5.74) is 7.39. The van der Waals surface area contributed by atoms with Crippen molar-refractivity contribution in [2.24, 2.45) is 5.73 Å². The molecule has 21 heavy (non-hydrogen) atoms. The third-order valence-corrected chi connectivity index (χ3v) is 3.60.